The number of ether oxygens (including phenoxy) is 1. The third-order valence-corrected chi connectivity index (χ3v) is 7.39. The number of nitrogens with zero attached hydrogens (tertiary/aromatic N) is 5. The van der Waals surface area contributed by atoms with E-state index in [0.717, 1.165) is 66.7 Å². The largest absolute Gasteiger partial charge is 0.457 e. The highest BCUT2D eigenvalue weighted by molar-refractivity contribution is 5.98. The van der Waals surface area contributed by atoms with Crippen molar-refractivity contribution in [3.63, 3.8) is 0 Å². The maximum atomic E-state index is 12.6. The molecular weight excluding hydrogens is 490 g/mol. The molecule has 2 aromatic carbocycles. The first-order valence-electron chi connectivity index (χ1n) is 13.3. The second kappa shape index (κ2) is 10.6. The summed E-state index contributed by atoms with van der Waals surface area (Å²) in [7, 11) is 0. The van der Waals surface area contributed by atoms with Crippen LogP contribution in [0.4, 0.5) is 5.82 Å². The van der Waals surface area contributed by atoms with Gasteiger partial charge < -0.3 is 15.8 Å². The summed E-state index contributed by atoms with van der Waals surface area (Å²) in [5.74, 6) is 2.00. The minimum Gasteiger partial charge on any atom is -0.457 e. The Bertz CT molecular complexity index is 1560. The molecule has 0 aliphatic heterocycles. The van der Waals surface area contributed by atoms with Crippen LogP contribution in [0, 0.1) is 17.2 Å². The van der Waals surface area contributed by atoms with Crippen molar-refractivity contribution in [2.24, 2.45) is 5.92 Å². The van der Waals surface area contributed by atoms with E-state index in [2.05, 4.69) is 21.4 Å². The van der Waals surface area contributed by atoms with Crippen LogP contribution < -0.4 is 15.8 Å². The predicted octanol–water partition coefficient (Wildman–Crippen LogP) is 5.33. The summed E-state index contributed by atoms with van der Waals surface area (Å²) in [4.78, 5) is 21.4. The van der Waals surface area contributed by atoms with Gasteiger partial charge in [-0.05, 0) is 80.8 Å². The fraction of sp³-hybridized carbons (Fsp3) is 0.300. The lowest BCUT2D eigenvalue weighted by atomic mass is 9.91. The molecular formula is C30H29N7O2. The van der Waals surface area contributed by atoms with Crippen molar-refractivity contribution in [2.45, 2.75) is 50.6 Å². The standard InChI is InChI=1S/C30H29N7O2/c31-17-21(16-19-6-7-19)30(38)35-22-10-12-23(13-11-22)37-29-26(28(32)33-18-34-29)27(36-37)20-8-14-25(15-9-20)39-24-4-2-1-3-5-24/h1-5,8-9,14-16,18-19,22-23H,6-7,10-13H2,(H,35,38)(H2,32,33,34)/b21-16-. The zero-order chi connectivity index (χ0) is 26.8. The lowest BCUT2D eigenvalue weighted by molar-refractivity contribution is -0.118. The molecule has 2 heterocycles. The third kappa shape index (κ3) is 5.32. The molecule has 0 atom stereocenters. The normalized spacial score (nSPS) is 19.4. The maximum Gasteiger partial charge on any atom is 0.261 e. The van der Waals surface area contributed by atoms with E-state index < -0.39 is 0 Å². The number of fused-ring (bicyclic) bond motifs is 1. The van der Waals surface area contributed by atoms with Gasteiger partial charge in [-0.2, -0.15) is 10.4 Å². The van der Waals surface area contributed by atoms with E-state index in [1.807, 2.05) is 65.4 Å². The lowest BCUT2D eigenvalue weighted by Gasteiger charge is -2.29. The van der Waals surface area contributed by atoms with Gasteiger partial charge in [-0.3, -0.25) is 4.79 Å². The molecule has 2 aliphatic rings. The Morgan fingerprint density at radius 2 is 1.72 bits per heavy atom. The fourth-order valence-electron chi connectivity index (χ4n) is 5.15. The zero-order valence-electron chi connectivity index (χ0n) is 21.5. The number of hydrogen-bond acceptors (Lipinski definition) is 7. The Morgan fingerprint density at radius 3 is 2.41 bits per heavy atom. The van der Waals surface area contributed by atoms with Crippen LogP contribution in [-0.4, -0.2) is 31.7 Å². The maximum absolute atomic E-state index is 12.6. The number of nitrogens with one attached hydrogen (secondary N) is 1. The Labute approximate surface area is 226 Å². The Morgan fingerprint density at radius 1 is 1.00 bits per heavy atom. The molecule has 2 aliphatic carbocycles. The number of carbonyl (C=O) groups is 1. The molecule has 0 saturated heterocycles. The van der Waals surface area contributed by atoms with Crippen LogP contribution in [0.1, 0.15) is 44.6 Å². The van der Waals surface area contributed by atoms with Crippen molar-refractivity contribution >= 4 is 22.8 Å². The van der Waals surface area contributed by atoms with Gasteiger partial charge in [0.1, 0.15) is 41.0 Å². The Kier molecular flexibility index (Phi) is 6.68. The van der Waals surface area contributed by atoms with Gasteiger partial charge >= 0.3 is 0 Å². The first-order valence-corrected chi connectivity index (χ1v) is 13.3. The molecule has 0 unspecified atom stereocenters. The minimum atomic E-state index is -0.264. The predicted molar refractivity (Wildman–Crippen MR) is 148 cm³/mol. The van der Waals surface area contributed by atoms with Gasteiger partial charge in [0.15, 0.2) is 5.65 Å². The fourth-order valence-corrected chi connectivity index (χ4v) is 5.15. The van der Waals surface area contributed by atoms with Gasteiger partial charge in [0.2, 0.25) is 0 Å². The molecule has 1 amide bonds. The van der Waals surface area contributed by atoms with Crippen LogP contribution in [0.15, 0.2) is 72.6 Å². The number of para-hydroxylation sites is 1. The number of amides is 1. The number of aromatic nitrogens is 4. The zero-order valence-corrected chi connectivity index (χ0v) is 21.5. The molecule has 2 fully saturated rings. The minimum absolute atomic E-state index is 0.0304. The van der Waals surface area contributed by atoms with Gasteiger partial charge in [-0.25, -0.2) is 14.6 Å². The Balaban J connectivity index is 1.19. The molecule has 2 aromatic heterocycles. The molecule has 0 radical (unpaired) electrons. The van der Waals surface area contributed by atoms with E-state index in [1.54, 1.807) is 0 Å². The van der Waals surface area contributed by atoms with Gasteiger partial charge in [0.25, 0.3) is 5.91 Å². The van der Waals surface area contributed by atoms with Crippen molar-refractivity contribution in [1.82, 2.24) is 25.1 Å². The number of carbonyl (C=O) groups excluding carboxylic acids is 1. The van der Waals surface area contributed by atoms with Crippen LogP contribution in [0.2, 0.25) is 0 Å². The lowest BCUT2D eigenvalue weighted by Crippen LogP contribution is -2.38. The number of nitriles is 1. The second-order valence-electron chi connectivity index (χ2n) is 10.2. The molecule has 9 heteroatoms. The van der Waals surface area contributed by atoms with Crippen LogP contribution in [0.25, 0.3) is 22.3 Å². The summed E-state index contributed by atoms with van der Waals surface area (Å²) in [6, 6.07) is 19.6. The van der Waals surface area contributed by atoms with E-state index >= 15 is 0 Å². The highest BCUT2D eigenvalue weighted by atomic mass is 16.5. The van der Waals surface area contributed by atoms with Crippen molar-refractivity contribution in [1.29, 1.82) is 5.26 Å². The summed E-state index contributed by atoms with van der Waals surface area (Å²) < 4.78 is 7.90. The molecule has 6 rings (SSSR count). The second-order valence-corrected chi connectivity index (χ2v) is 10.2. The molecule has 9 nitrogen and oxygen atoms in total. The quantitative estimate of drug-likeness (QED) is 0.249. The molecule has 3 N–H and O–H groups in total. The van der Waals surface area contributed by atoms with E-state index in [9.17, 15) is 10.1 Å². The van der Waals surface area contributed by atoms with E-state index in [4.69, 9.17) is 15.6 Å². The van der Waals surface area contributed by atoms with Crippen molar-refractivity contribution in [3.8, 4) is 28.8 Å². The van der Waals surface area contributed by atoms with Crippen LogP contribution >= 0.6 is 0 Å². The Hall–Kier alpha value is -4.71. The number of benzene rings is 2. The number of hydrogen-bond donors (Lipinski definition) is 2. The van der Waals surface area contributed by atoms with Crippen molar-refractivity contribution in [2.75, 3.05) is 5.73 Å². The number of allylic oxidation sites excluding steroid dienone is 1. The van der Waals surface area contributed by atoms with Gasteiger partial charge in [-0.1, -0.05) is 24.3 Å². The first-order chi connectivity index (χ1) is 19.1. The van der Waals surface area contributed by atoms with Gasteiger partial charge in [-0.15, -0.1) is 0 Å². The summed E-state index contributed by atoms with van der Waals surface area (Å²) in [5, 5.41) is 18.1. The molecule has 0 spiro atoms. The number of nitrogens with two attached hydrogens (primary N) is 1. The SMILES string of the molecule is N#C/C(=C/C1CC1)C(=O)NC1CCC(n2nc(-c3ccc(Oc4ccccc4)cc3)c3c(N)ncnc32)CC1. The smallest absolute Gasteiger partial charge is 0.261 e. The monoisotopic (exact) mass is 519 g/mol. The summed E-state index contributed by atoms with van der Waals surface area (Å²) in [5.41, 5.74) is 8.88. The van der Waals surface area contributed by atoms with Crippen molar-refractivity contribution in [3.05, 3.63) is 72.6 Å². The van der Waals surface area contributed by atoms with E-state index in [1.165, 1.54) is 6.33 Å². The highest BCUT2D eigenvalue weighted by Crippen LogP contribution is 2.37. The number of anilines is 1. The third-order valence-electron chi connectivity index (χ3n) is 7.39. The molecule has 39 heavy (non-hydrogen) atoms. The molecule has 0 bridgehead atoms. The summed E-state index contributed by atoms with van der Waals surface area (Å²) in [6.07, 6.45) is 8.63. The van der Waals surface area contributed by atoms with Gasteiger partial charge in [0, 0.05) is 11.6 Å². The molecule has 2 saturated carbocycles. The van der Waals surface area contributed by atoms with Gasteiger partial charge in [0.05, 0.1) is 11.4 Å². The summed E-state index contributed by atoms with van der Waals surface area (Å²) >= 11 is 0. The number of nitrogen functional groups attached to an aromatic ring is 1. The van der Waals surface area contributed by atoms with Crippen molar-refractivity contribution < 1.29 is 9.53 Å². The molecule has 4 aromatic rings. The van der Waals surface area contributed by atoms with Crippen LogP contribution in [-0.2, 0) is 4.79 Å². The van der Waals surface area contributed by atoms with E-state index in [-0.39, 0.29) is 23.6 Å². The average molecular weight is 520 g/mol. The first kappa shape index (κ1) is 24.6. The summed E-state index contributed by atoms with van der Waals surface area (Å²) in [6.45, 7) is 0. The topological polar surface area (TPSA) is 132 Å². The van der Waals surface area contributed by atoms with E-state index in [0.29, 0.717) is 17.4 Å². The number of rotatable bonds is 7. The van der Waals surface area contributed by atoms with Crippen LogP contribution in [0.5, 0.6) is 11.5 Å². The highest BCUT2D eigenvalue weighted by Gasteiger charge is 2.29. The van der Waals surface area contributed by atoms with Crippen LogP contribution in [0.3, 0.4) is 0 Å². The molecule has 196 valence electrons. The average Bonchev–Trinajstić information content (AvgIpc) is 3.70.